The molecule has 0 spiro atoms. The summed E-state index contributed by atoms with van der Waals surface area (Å²) in [4.78, 5) is 11.8. The van der Waals surface area contributed by atoms with Crippen LogP contribution in [0.15, 0.2) is 29.3 Å². The van der Waals surface area contributed by atoms with E-state index in [0.29, 0.717) is 6.04 Å². The lowest BCUT2D eigenvalue weighted by atomic mass is 9.77. The van der Waals surface area contributed by atoms with Crippen LogP contribution in [-0.4, -0.2) is 35.2 Å². The van der Waals surface area contributed by atoms with Crippen LogP contribution in [0.25, 0.3) is 10.2 Å². The minimum Gasteiger partial charge on any atom is -0.343 e. The number of para-hydroxylation sites is 1. The molecule has 2 heterocycles. The average molecular weight is 344 g/mol. The molecule has 24 heavy (non-hydrogen) atoms. The molecule has 1 aromatic carbocycles. The largest absolute Gasteiger partial charge is 0.343 e. The number of aromatic nitrogens is 1. The van der Waals surface area contributed by atoms with Crippen LogP contribution in [0, 0.1) is 11.8 Å². The Bertz CT molecular complexity index is 707. The van der Waals surface area contributed by atoms with E-state index in [1.165, 1.54) is 24.0 Å². The summed E-state index contributed by atoms with van der Waals surface area (Å²) in [6, 6.07) is 8.86. The van der Waals surface area contributed by atoms with E-state index in [1.807, 2.05) is 18.2 Å². The summed E-state index contributed by atoms with van der Waals surface area (Å²) in [6.45, 7) is 6.41. The SMILES string of the molecule is C[C@@H]1[C@H](C)CCC[C@H]1N1CN=C(Nc2nc3ccccc3s2)NC1. The maximum absolute atomic E-state index is 4.70. The Balaban J connectivity index is 1.41. The van der Waals surface area contributed by atoms with Crippen LogP contribution < -0.4 is 10.6 Å². The molecule has 128 valence electrons. The Morgan fingerprint density at radius 1 is 1.25 bits per heavy atom. The first-order chi connectivity index (χ1) is 11.7. The van der Waals surface area contributed by atoms with Gasteiger partial charge in [-0.25, -0.2) is 9.98 Å². The van der Waals surface area contributed by atoms with E-state index in [-0.39, 0.29) is 0 Å². The Kier molecular flexibility index (Phi) is 4.41. The van der Waals surface area contributed by atoms with Crippen molar-refractivity contribution in [3.8, 4) is 0 Å². The molecule has 4 rings (SSSR count). The molecular weight excluding hydrogens is 318 g/mol. The van der Waals surface area contributed by atoms with E-state index < -0.39 is 0 Å². The van der Waals surface area contributed by atoms with Gasteiger partial charge < -0.3 is 10.6 Å². The second kappa shape index (κ2) is 6.69. The van der Waals surface area contributed by atoms with Crippen molar-refractivity contribution in [3.05, 3.63) is 24.3 Å². The molecule has 1 aliphatic carbocycles. The van der Waals surface area contributed by atoms with Gasteiger partial charge in [-0.15, -0.1) is 0 Å². The van der Waals surface area contributed by atoms with Crippen molar-refractivity contribution in [2.75, 3.05) is 18.7 Å². The number of thiazole rings is 1. The molecule has 1 aromatic heterocycles. The first-order valence-corrected chi connectivity index (χ1v) is 9.67. The number of nitrogens with zero attached hydrogens (tertiary/aromatic N) is 3. The molecule has 0 radical (unpaired) electrons. The van der Waals surface area contributed by atoms with E-state index in [2.05, 4.69) is 40.4 Å². The lowest BCUT2D eigenvalue weighted by Crippen LogP contribution is -2.53. The van der Waals surface area contributed by atoms with Crippen LogP contribution in [0.4, 0.5) is 5.13 Å². The highest BCUT2D eigenvalue weighted by Crippen LogP contribution is 2.33. The van der Waals surface area contributed by atoms with Crippen LogP contribution in [-0.2, 0) is 0 Å². The van der Waals surface area contributed by atoms with Gasteiger partial charge in [0.1, 0.15) is 0 Å². The molecule has 5 nitrogen and oxygen atoms in total. The summed E-state index contributed by atoms with van der Waals surface area (Å²) in [5, 5.41) is 7.66. The first kappa shape index (κ1) is 15.8. The topological polar surface area (TPSA) is 52.5 Å². The van der Waals surface area contributed by atoms with Gasteiger partial charge in [0, 0.05) is 6.04 Å². The zero-order chi connectivity index (χ0) is 16.5. The predicted octanol–water partition coefficient (Wildman–Crippen LogP) is 3.71. The Hall–Kier alpha value is -1.66. The highest BCUT2D eigenvalue weighted by Gasteiger charge is 2.32. The smallest absolute Gasteiger partial charge is 0.199 e. The van der Waals surface area contributed by atoms with Crippen LogP contribution in [0.2, 0.25) is 0 Å². The van der Waals surface area contributed by atoms with Crippen molar-refractivity contribution in [1.29, 1.82) is 0 Å². The van der Waals surface area contributed by atoms with Crippen molar-refractivity contribution >= 4 is 32.6 Å². The van der Waals surface area contributed by atoms with E-state index in [0.717, 1.165) is 41.8 Å². The highest BCUT2D eigenvalue weighted by atomic mass is 32.1. The number of rotatable bonds is 2. The second-order valence-electron chi connectivity index (χ2n) is 7.02. The fourth-order valence-corrected chi connectivity index (χ4v) is 4.71. The van der Waals surface area contributed by atoms with Gasteiger partial charge in [-0.3, -0.25) is 4.90 Å². The molecule has 2 aromatic rings. The fraction of sp³-hybridized carbons (Fsp3) is 0.556. The molecule has 2 aliphatic rings. The number of hydrogen-bond acceptors (Lipinski definition) is 6. The number of benzene rings is 1. The fourth-order valence-electron chi connectivity index (χ4n) is 3.85. The summed E-state index contributed by atoms with van der Waals surface area (Å²) in [7, 11) is 0. The van der Waals surface area contributed by atoms with Gasteiger partial charge in [-0.1, -0.05) is 50.2 Å². The summed E-state index contributed by atoms with van der Waals surface area (Å²) in [6.07, 6.45) is 4.00. The molecule has 0 unspecified atom stereocenters. The summed E-state index contributed by atoms with van der Waals surface area (Å²) >= 11 is 1.66. The molecule has 6 heteroatoms. The van der Waals surface area contributed by atoms with Crippen molar-refractivity contribution in [3.63, 3.8) is 0 Å². The Morgan fingerprint density at radius 3 is 2.92 bits per heavy atom. The van der Waals surface area contributed by atoms with Crippen LogP contribution in [0.5, 0.6) is 0 Å². The third-order valence-corrected chi connectivity index (χ3v) is 6.46. The Morgan fingerprint density at radius 2 is 2.12 bits per heavy atom. The van der Waals surface area contributed by atoms with Crippen molar-refractivity contribution in [2.24, 2.45) is 16.8 Å². The summed E-state index contributed by atoms with van der Waals surface area (Å²) in [5.74, 6) is 2.39. The minimum absolute atomic E-state index is 0.647. The van der Waals surface area contributed by atoms with Gasteiger partial charge in [-0.2, -0.15) is 0 Å². The quantitative estimate of drug-likeness (QED) is 0.873. The minimum atomic E-state index is 0.647. The van der Waals surface area contributed by atoms with E-state index in [4.69, 9.17) is 4.99 Å². The summed E-state index contributed by atoms with van der Waals surface area (Å²) < 4.78 is 1.20. The van der Waals surface area contributed by atoms with Crippen LogP contribution in [0.3, 0.4) is 0 Å². The molecule has 0 amide bonds. The third-order valence-electron chi connectivity index (χ3n) is 5.51. The highest BCUT2D eigenvalue weighted by molar-refractivity contribution is 7.22. The zero-order valence-electron chi connectivity index (χ0n) is 14.3. The number of guanidine groups is 1. The number of fused-ring (bicyclic) bond motifs is 1. The lowest BCUT2D eigenvalue weighted by Gasteiger charge is -2.42. The summed E-state index contributed by atoms with van der Waals surface area (Å²) in [5.41, 5.74) is 1.04. The first-order valence-electron chi connectivity index (χ1n) is 8.85. The van der Waals surface area contributed by atoms with Crippen LogP contribution in [0.1, 0.15) is 33.1 Å². The molecule has 1 aliphatic heterocycles. The maximum Gasteiger partial charge on any atom is 0.199 e. The number of anilines is 1. The molecular formula is C18H25N5S. The zero-order valence-corrected chi connectivity index (χ0v) is 15.1. The molecule has 2 N–H and O–H groups in total. The van der Waals surface area contributed by atoms with Crippen LogP contribution >= 0.6 is 11.3 Å². The van der Waals surface area contributed by atoms with Gasteiger partial charge >= 0.3 is 0 Å². The van der Waals surface area contributed by atoms with E-state index in [1.54, 1.807) is 11.3 Å². The van der Waals surface area contributed by atoms with Gasteiger partial charge in [0.05, 0.1) is 23.6 Å². The Labute approximate surface area is 147 Å². The molecule has 0 bridgehead atoms. The van der Waals surface area contributed by atoms with Gasteiger partial charge in [0.25, 0.3) is 0 Å². The van der Waals surface area contributed by atoms with Gasteiger partial charge in [0.15, 0.2) is 11.1 Å². The van der Waals surface area contributed by atoms with Gasteiger partial charge in [-0.05, 0) is 30.4 Å². The molecule has 1 saturated carbocycles. The van der Waals surface area contributed by atoms with Crippen molar-refractivity contribution in [2.45, 2.75) is 39.2 Å². The van der Waals surface area contributed by atoms with Crippen molar-refractivity contribution < 1.29 is 0 Å². The molecule has 0 saturated heterocycles. The normalized spacial score (nSPS) is 28.4. The van der Waals surface area contributed by atoms with Crippen molar-refractivity contribution in [1.82, 2.24) is 15.2 Å². The average Bonchev–Trinajstić information content (AvgIpc) is 3.00. The maximum atomic E-state index is 4.70. The molecule has 1 fully saturated rings. The third kappa shape index (κ3) is 3.13. The molecule has 3 atom stereocenters. The second-order valence-corrected chi connectivity index (χ2v) is 8.05. The monoisotopic (exact) mass is 343 g/mol. The van der Waals surface area contributed by atoms with Gasteiger partial charge in [0.2, 0.25) is 0 Å². The number of hydrogen-bond donors (Lipinski definition) is 2. The van der Waals surface area contributed by atoms with E-state index in [9.17, 15) is 0 Å². The lowest BCUT2D eigenvalue weighted by molar-refractivity contribution is 0.0771. The number of aliphatic imine (C=N–C) groups is 1. The number of nitrogens with one attached hydrogen (secondary N) is 2. The standard InChI is InChI=1S/C18H25N5S/c1-12-6-5-8-15(13(12)2)23-10-19-17(20-11-23)22-18-21-14-7-3-4-9-16(14)24-18/h3-4,7,9,12-13,15H,5-6,8,10-11H2,1-2H3,(H2,19,20,21,22)/t12-,13-,15-/m1/s1. The predicted molar refractivity (Wildman–Crippen MR) is 101 cm³/mol. The van der Waals surface area contributed by atoms with E-state index >= 15 is 0 Å².